The predicted octanol–water partition coefficient (Wildman–Crippen LogP) is 4.63. The minimum absolute atomic E-state index is 0.112. The van der Waals surface area contributed by atoms with Crippen molar-refractivity contribution in [2.75, 3.05) is 25.1 Å². The summed E-state index contributed by atoms with van der Waals surface area (Å²) in [6.45, 7) is 4.05. The van der Waals surface area contributed by atoms with E-state index in [-0.39, 0.29) is 11.9 Å². The molecule has 2 aromatic carbocycles. The number of ether oxygens (including phenoxy) is 1. The fraction of sp³-hybridized carbons (Fsp3) is 0.320. The van der Waals surface area contributed by atoms with Gasteiger partial charge in [0.2, 0.25) is 0 Å². The molecule has 1 fully saturated rings. The molecular formula is C25H28N4O2. The molecule has 0 radical (unpaired) electrons. The van der Waals surface area contributed by atoms with Crippen LogP contribution in [0.25, 0.3) is 11.3 Å². The molecule has 1 saturated heterocycles. The van der Waals surface area contributed by atoms with Crippen LogP contribution in [0.4, 0.5) is 5.82 Å². The maximum atomic E-state index is 12.7. The largest absolute Gasteiger partial charge is 0.497 e. The molecule has 0 spiro atoms. The molecule has 0 bridgehead atoms. The fourth-order valence-electron chi connectivity index (χ4n) is 3.87. The Kier molecular flexibility index (Phi) is 6.46. The number of nitrogens with one attached hydrogen (secondary N) is 1. The Labute approximate surface area is 183 Å². The van der Waals surface area contributed by atoms with Gasteiger partial charge in [0.05, 0.1) is 18.8 Å². The van der Waals surface area contributed by atoms with Crippen molar-refractivity contribution < 1.29 is 9.53 Å². The van der Waals surface area contributed by atoms with E-state index in [2.05, 4.69) is 20.2 Å². The molecule has 1 aliphatic rings. The Balaban J connectivity index is 1.44. The molecule has 6 nitrogen and oxygen atoms in total. The average molecular weight is 417 g/mol. The highest BCUT2D eigenvalue weighted by Gasteiger charge is 2.15. The first-order valence-corrected chi connectivity index (χ1v) is 10.8. The van der Waals surface area contributed by atoms with Crippen molar-refractivity contribution in [3.8, 4) is 17.0 Å². The van der Waals surface area contributed by atoms with E-state index in [1.54, 1.807) is 13.4 Å². The highest BCUT2D eigenvalue weighted by molar-refractivity contribution is 5.94. The normalized spacial score (nSPS) is 14.7. The van der Waals surface area contributed by atoms with Gasteiger partial charge in [0, 0.05) is 30.3 Å². The number of anilines is 1. The van der Waals surface area contributed by atoms with Crippen LogP contribution in [0, 0.1) is 0 Å². The van der Waals surface area contributed by atoms with Crippen molar-refractivity contribution in [1.29, 1.82) is 0 Å². The number of hydrogen-bond donors (Lipinski definition) is 1. The smallest absolute Gasteiger partial charge is 0.251 e. The predicted molar refractivity (Wildman–Crippen MR) is 122 cm³/mol. The van der Waals surface area contributed by atoms with Crippen molar-refractivity contribution in [1.82, 2.24) is 15.3 Å². The number of rotatable bonds is 6. The lowest BCUT2D eigenvalue weighted by Gasteiger charge is -2.27. The highest BCUT2D eigenvalue weighted by Crippen LogP contribution is 2.24. The summed E-state index contributed by atoms with van der Waals surface area (Å²) in [6.07, 6.45) is 5.32. The van der Waals surface area contributed by atoms with E-state index < -0.39 is 0 Å². The Morgan fingerprint density at radius 3 is 2.55 bits per heavy atom. The molecular weight excluding hydrogens is 388 g/mol. The van der Waals surface area contributed by atoms with Crippen molar-refractivity contribution in [3.05, 3.63) is 72.1 Å². The van der Waals surface area contributed by atoms with Gasteiger partial charge >= 0.3 is 0 Å². The molecule has 0 aliphatic carbocycles. The molecule has 6 heteroatoms. The molecule has 1 atom stereocenters. The van der Waals surface area contributed by atoms with Crippen LogP contribution in [0.1, 0.15) is 48.1 Å². The van der Waals surface area contributed by atoms with E-state index in [0.717, 1.165) is 41.5 Å². The zero-order valence-corrected chi connectivity index (χ0v) is 18.0. The lowest BCUT2D eigenvalue weighted by molar-refractivity contribution is 0.0940. The van der Waals surface area contributed by atoms with Crippen molar-refractivity contribution in [2.45, 2.75) is 32.2 Å². The quantitative estimate of drug-likeness (QED) is 0.634. The Hall–Kier alpha value is -3.41. The molecule has 31 heavy (non-hydrogen) atoms. The molecule has 0 unspecified atom stereocenters. The van der Waals surface area contributed by atoms with Gasteiger partial charge in [-0.2, -0.15) is 0 Å². The van der Waals surface area contributed by atoms with Gasteiger partial charge in [0.1, 0.15) is 17.9 Å². The number of amides is 1. The molecule has 1 amide bonds. The Bertz CT molecular complexity index is 1030. The Morgan fingerprint density at radius 2 is 1.81 bits per heavy atom. The van der Waals surface area contributed by atoms with Crippen LogP contribution in [0.15, 0.2) is 60.9 Å². The molecule has 1 aromatic heterocycles. The zero-order valence-electron chi connectivity index (χ0n) is 18.0. The number of nitrogens with zero attached hydrogens (tertiary/aromatic N) is 3. The van der Waals surface area contributed by atoms with E-state index >= 15 is 0 Å². The van der Waals surface area contributed by atoms with Gasteiger partial charge in [-0.25, -0.2) is 9.97 Å². The standard InChI is InChI=1S/C25H28N4O2/c1-18(21-7-6-8-22(15-21)31-2)28-25(30)20-11-9-19(10-12-20)23-16-24(27-17-26-23)29-13-4-3-5-14-29/h6-12,15-18H,3-5,13-14H2,1-2H3,(H,28,30)/t18-/m0/s1. The van der Waals surface area contributed by atoms with Crippen LogP contribution in [0.3, 0.4) is 0 Å². The van der Waals surface area contributed by atoms with Gasteiger partial charge in [-0.05, 0) is 56.0 Å². The number of aromatic nitrogens is 2. The van der Waals surface area contributed by atoms with Gasteiger partial charge in [-0.1, -0.05) is 24.3 Å². The first-order chi connectivity index (χ1) is 15.1. The summed E-state index contributed by atoms with van der Waals surface area (Å²) >= 11 is 0. The molecule has 3 aromatic rings. The summed E-state index contributed by atoms with van der Waals surface area (Å²) in [7, 11) is 1.64. The molecule has 1 N–H and O–H groups in total. The van der Waals surface area contributed by atoms with E-state index in [4.69, 9.17) is 4.74 Å². The number of methoxy groups -OCH3 is 1. The number of piperidine rings is 1. The summed E-state index contributed by atoms with van der Waals surface area (Å²) in [6, 6.07) is 17.2. The van der Waals surface area contributed by atoms with Crippen LogP contribution < -0.4 is 15.0 Å². The van der Waals surface area contributed by atoms with Gasteiger partial charge in [-0.15, -0.1) is 0 Å². The summed E-state index contributed by atoms with van der Waals surface area (Å²) in [4.78, 5) is 23.9. The number of carbonyl (C=O) groups is 1. The van der Waals surface area contributed by atoms with Crippen molar-refractivity contribution in [3.63, 3.8) is 0 Å². The molecule has 4 rings (SSSR count). The first-order valence-electron chi connectivity index (χ1n) is 10.8. The Morgan fingerprint density at radius 1 is 1.03 bits per heavy atom. The van der Waals surface area contributed by atoms with Crippen LogP contribution in [0.5, 0.6) is 5.75 Å². The van der Waals surface area contributed by atoms with E-state index in [1.807, 2.05) is 61.5 Å². The monoisotopic (exact) mass is 416 g/mol. The van der Waals surface area contributed by atoms with Crippen LogP contribution in [0.2, 0.25) is 0 Å². The summed E-state index contributed by atoms with van der Waals surface area (Å²) in [5.74, 6) is 1.63. The van der Waals surface area contributed by atoms with Gasteiger partial charge < -0.3 is 15.0 Å². The lowest BCUT2D eigenvalue weighted by atomic mass is 10.1. The second-order valence-electron chi connectivity index (χ2n) is 7.86. The average Bonchev–Trinajstić information content (AvgIpc) is 2.84. The highest BCUT2D eigenvalue weighted by atomic mass is 16.5. The third kappa shape index (κ3) is 5.02. The third-order valence-electron chi connectivity index (χ3n) is 5.72. The van der Waals surface area contributed by atoms with E-state index in [1.165, 1.54) is 19.3 Å². The minimum Gasteiger partial charge on any atom is -0.497 e. The number of benzene rings is 2. The number of hydrogen-bond acceptors (Lipinski definition) is 5. The summed E-state index contributed by atoms with van der Waals surface area (Å²) < 4.78 is 5.27. The molecule has 2 heterocycles. The first kappa shape index (κ1) is 20.8. The van der Waals surface area contributed by atoms with Crippen LogP contribution in [-0.4, -0.2) is 36.1 Å². The maximum absolute atomic E-state index is 12.7. The maximum Gasteiger partial charge on any atom is 0.251 e. The van der Waals surface area contributed by atoms with Crippen LogP contribution >= 0.6 is 0 Å². The minimum atomic E-state index is -0.128. The third-order valence-corrected chi connectivity index (χ3v) is 5.72. The SMILES string of the molecule is COc1cccc([C@H](C)NC(=O)c2ccc(-c3cc(N4CCCCC4)ncn3)cc2)c1. The molecule has 0 saturated carbocycles. The summed E-state index contributed by atoms with van der Waals surface area (Å²) in [5.41, 5.74) is 3.45. The van der Waals surface area contributed by atoms with Crippen molar-refractivity contribution in [2.24, 2.45) is 0 Å². The fourth-order valence-corrected chi connectivity index (χ4v) is 3.87. The zero-order chi connectivity index (χ0) is 21.6. The second-order valence-corrected chi connectivity index (χ2v) is 7.86. The number of carbonyl (C=O) groups excluding carboxylic acids is 1. The topological polar surface area (TPSA) is 67.3 Å². The van der Waals surface area contributed by atoms with Gasteiger partial charge in [0.15, 0.2) is 0 Å². The second kappa shape index (κ2) is 9.60. The molecule has 1 aliphatic heterocycles. The lowest BCUT2D eigenvalue weighted by Crippen LogP contribution is -2.30. The molecule has 160 valence electrons. The summed E-state index contributed by atoms with van der Waals surface area (Å²) in [5, 5.41) is 3.05. The van der Waals surface area contributed by atoms with Gasteiger partial charge in [0.25, 0.3) is 5.91 Å². The van der Waals surface area contributed by atoms with Crippen molar-refractivity contribution >= 4 is 11.7 Å². The van der Waals surface area contributed by atoms with E-state index in [0.29, 0.717) is 5.56 Å². The van der Waals surface area contributed by atoms with Crippen LogP contribution in [-0.2, 0) is 0 Å². The van der Waals surface area contributed by atoms with Gasteiger partial charge in [-0.3, -0.25) is 4.79 Å². The van der Waals surface area contributed by atoms with E-state index in [9.17, 15) is 4.79 Å².